The summed E-state index contributed by atoms with van der Waals surface area (Å²) in [5.74, 6) is 0. The third-order valence-electron chi connectivity index (χ3n) is 2.79. The van der Waals surface area contributed by atoms with Crippen LogP contribution >= 0.6 is 0 Å². The van der Waals surface area contributed by atoms with Gasteiger partial charge in [-0.25, -0.2) is 0 Å². The molecule has 2 aromatic rings. The lowest BCUT2D eigenvalue weighted by Crippen LogP contribution is -2.31. The number of nitrogens with zero attached hydrogens (tertiary/aromatic N) is 2. The molecule has 0 aliphatic rings. The Kier molecular flexibility index (Phi) is 7.01. The van der Waals surface area contributed by atoms with E-state index in [1.54, 1.807) is 0 Å². The van der Waals surface area contributed by atoms with Crippen LogP contribution in [0.25, 0.3) is 0 Å². The molecule has 0 spiro atoms. The van der Waals surface area contributed by atoms with E-state index in [9.17, 15) is 20.2 Å². The number of rotatable bonds is 4. The Labute approximate surface area is 136 Å². The van der Waals surface area contributed by atoms with Crippen LogP contribution < -0.4 is 10.9 Å². The third kappa shape index (κ3) is 5.44. The molecule has 24 heavy (non-hydrogen) atoms. The van der Waals surface area contributed by atoms with Crippen LogP contribution in [0.15, 0.2) is 48.5 Å². The molecule has 12 heteroatoms. The first-order chi connectivity index (χ1) is 11.2. The molecular weight excluding hydrogens is 322 g/mol. The molecule has 10 nitrogen and oxygen atoms in total. The van der Waals surface area contributed by atoms with Gasteiger partial charge in [0, 0.05) is 18.2 Å². The normalized spacial score (nSPS) is 9.50. The summed E-state index contributed by atoms with van der Waals surface area (Å²) in [7, 11) is -3.46. The quantitative estimate of drug-likeness (QED) is 0.299. The summed E-state index contributed by atoms with van der Waals surface area (Å²) < 4.78 is 0. The van der Waals surface area contributed by atoms with Crippen molar-refractivity contribution in [3.05, 3.63) is 68.8 Å². The van der Waals surface area contributed by atoms with Crippen molar-refractivity contribution in [3.63, 3.8) is 0 Å². The molecule has 0 radical (unpaired) electrons. The maximum Gasteiger partial charge on any atom is 0.495 e. The van der Waals surface area contributed by atoms with Crippen molar-refractivity contribution in [2.24, 2.45) is 0 Å². The largest absolute Gasteiger partial charge is 0.495 e. The first-order valence-corrected chi connectivity index (χ1v) is 6.44. The molecule has 0 fully saturated rings. The molecule has 2 rings (SSSR count). The van der Waals surface area contributed by atoms with Gasteiger partial charge in [-0.15, -0.1) is 0 Å². The van der Waals surface area contributed by atoms with Gasteiger partial charge in [0.25, 0.3) is 11.4 Å². The van der Waals surface area contributed by atoms with Gasteiger partial charge in [0.1, 0.15) is 0 Å². The van der Waals surface area contributed by atoms with E-state index in [4.69, 9.17) is 20.1 Å². The Morgan fingerprint density at radius 3 is 1.88 bits per heavy atom. The minimum absolute atomic E-state index is 0.0949. The van der Waals surface area contributed by atoms with Gasteiger partial charge in [-0.2, -0.15) is 0 Å². The van der Waals surface area contributed by atoms with Crippen molar-refractivity contribution < 1.29 is 29.9 Å². The maximum atomic E-state index is 10.3. The Morgan fingerprint density at radius 2 is 1.42 bits per heavy atom. The van der Waals surface area contributed by atoms with Gasteiger partial charge in [0.05, 0.1) is 15.3 Å². The van der Waals surface area contributed by atoms with Crippen LogP contribution in [0.4, 0.5) is 11.4 Å². The highest BCUT2D eigenvalue weighted by atomic mass is 16.6. The van der Waals surface area contributed by atoms with E-state index in [1.165, 1.54) is 42.5 Å². The molecular formula is C12H12B2N2O8. The van der Waals surface area contributed by atoms with Crippen molar-refractivity contribution >= 4 is 36.5 Å². The molecule has 0 saturated carbocycles. The molecule has 0 bridgehead atoms. The fraction of sp³-hybridized carbons (Fsp3) is 0. The second-order valence-corrected chi connectivity index (χ2v) is 4.42. The first-order valence-electron chi connectivity index (χ1n) is 6.44. The molecule has 0 heterocycles. The predicted molar refractivity (Wildman–Crippen MR) is 85.8 cm³/mol. The van der Waals surface area contributed by atoms with E-state index in [2.05, 4.69) is 0 Å². The Balaban J connectivity index is 0.000000240. The van der Waals surface area contributed by atoms with E-state index in [-0.39, 0.29) is 22.3 Å². The van der Waals surface area contributed by atoms with Gasteiger partial charge >= 0.3 is 14.2 Å². The Bertz CT molecular complexity index is 726. The minimum atomic E-state index is -1.80. The number of nitro benzene ring substituents is 2. The number of hydrogen-bond acceptors (Lipinski definition) is 8. The van der Waals surface area contributed by atoms with Gasteiger partial charge in [-0.1, -0.05) is 30.3 Å². The summed E-state index contributed by atoms with van der Waals surface area (Å²) in [6.45, 7) is 0. The molecule has 0 aromatic heterocycles. The topological polar surface area (TPSA) is 167 Å². The molecule has 2 aromatic carbocycles. The number of para-hydroxylation sites is 1. The Hall–Kier alpha value is -2.79. The molecule has 0 aliphatic heterocycles. The van der Waals surface area contributed by atoms with Gasteiger partial charge < -0.3 is 20.1 Å². The summed E-state index contributed by atoms with van der Waals surface area (Å²) in [6, 6.07) is 10.7. The van der Waals surface area contributed by atoms with E-state index < -0.39 is 24.1 Å². The van der Waals surface area contributed by atoms with Crippen LogP contribution in [0.5, 0.6) is 0 Å². The maximum absolute atomic E-state index is 10.3. The van der Waals surface area contributed by atoms with Gasteiger partial charge in [0.2, 0.25) is 0 Å². The highest BCUT2D eigenvalue weighted by molar-refractivity contribution is 6.60. The van der Waals surface area contributed by atoms with Crippen molar-refractivity contribution in [1.82, 2.24) is 0 Å². The lowest BCUT2D eigenvalue weighted by molar-refractivity contribution is -0.384. The number of non-ortho nitro benzene ring substituents is 1. The smallest absolute Gasteiger partial charge is 0.423 e. The fourth-order valence-electron chi connectivity index (χ4n) is 1.67. The fourth-order valence-corrected chi connectivity index (χ4v) is 1.67. The first kappa shape index (κ1) is 19.3. The number of benzene rings is 2. The summed E-state index contributed by atoms with van der Waals surface area (Å²) in [5, 5.41) is 55.3. The summed E-state index contributed by atoms with van der Waals surface area (Å²) in [6.07, 6.45) is 0. The second-order valence-electron chi connectivity index (χ2n) is 4.42. The van der Waals surface area contributed by atoms with Crippen LogP contribution in [-0.2, 0) is 0 Å². The molecule has 124 valence electrons. The average Bonchev–Trinajstić information content (AvgIpc) is 2.55. The van der Waals surface area contributed by atoms with E-state index in [0.717, 1.165) is 6.07 Å². The predicted octanol–water partition coefficient (Wildman–Crippen LogP) is -1.45. The van der Waals surface area contributed by atoms with Crippen molar-refractivity contribution in [2.75, 3.05) is 0 Å². The molecule has 0 amide bonds. The highest BCUT2D eigenvalue weighted by Gasteiger charge is 2.22. The standard InChI is InChI=1S/2C6H6BNO4/c9-7(10)5-2-1-3-6(4-5)8(11)12;9-7(10)5-3-1-2-4-6(5)8(11)12/h2*1-4,9-10H. The summed E-state index contributed by atoms with van der Waals surface area (Å²) in [4.78, 5) is 19.3. The third-order valence-corrected chi connectivity index (χ3v) is 2.79. The molecule has 0 aliphatic carbocycles. The van der Waals surface area contributed by atoms with E-state index in [0.29, 0.717) is 0 Å². The minimum Gasteiger partial charge on any atom is -0.423 e. The van der Waals surface area contributed by atoms with Gasteiger partial charge in [0.15, 0.2) is 0 Å². The lowest BCUT2D eigenvalue weighted by Gasteiger charge is -1.99. The lowest BCUT2D eigenvalue weighted by atomic mass is 9.79. The van der Waals surface area contributed by atoms with E-state index in [1.807, 2.05) is 0 Å². The van der Waals surface area contributed by atoms with E-state index >= 15 is 0 Å². The number of nitro groups is 2. The van der Waals surface area contributed by atoms with Crippen molar-refractivity contribution in [2.45, 2.75) is 0 Å². The zero-order valence-corrected chi connectivity index (χ0v) is 12.1. The van der Waals surface area contributed by atoms with Crippen LogP contribution in [0.3, 0.4) is 0 Å². The summed E-state index contributed by atoms with van der Waals surface area (Å²) >= 11 is 0. The highest BCUT2D eigenvalue weighted by Crippen LogP contribution is 2.07. The van der Waals surface area contributed by atoms with Crippen LogP contribution in [-0.4, -0.2) is 44.2 Å². The molecule has 0 unspecified atom stereocenters. The molecule has 4 N–H and O–H groups in total. The van der Waals surface area contributed by atoms with Crippen LogP contribution in [0, 0.1) is 20.2 Å². The van der Waals surface area contributed by atoms with Crippen molar-refractivity contribution in [3.8, 4) is 0 Å². The van der Waals surface area contributed by atoms with Crippen LogP contribution in [0.1, 0.15) is 0 Å². The zero-order chi connectivity index (χ0) is 18.3. The van der Waals surface area contributed by atoms with Gasteiger partial charge in [-0.3, -0.25) is 20.2 Å². The van der Waals surface area contributed by atoms with Gasteiger partial charge in [-0.05, 0) is 5.46 Å². The van der Waals surface area contributed by atoms with Crippen LogP contribution in [0.2, 0.25) is 0 Å². The number of hydrogen-bond donors (Lipinski definition) is 4. The zero-order valence-electron chi connectivity index (χ0n) is 12.1. The van der Waals surface area contributed by atoms with Crippen molar-refractivity contribution in [1.29, 1.82) is 0 Å². The Morgan fingerprint density at radius 1 is 0.792 bits per heavy atom. The second kappa shape index (κ2) is 8.74. The molecule has 0 atom stereocenters. The SMILES string of the molecule is O=[N+]([O-])c1cccc(B(O)O)c1.O=[N+]([O-])c1ccccc1B(O)O. The molecule has 0 saturated heterocycles. The average molecular weight is 334 g/mol. The monoisotopic (exact) mass is 334 g/mol. The summed E-state index contributed by atoms with van der Waals surface area (Å²) in [5.41, 5.74) is -0.417.